The van der Waals surface area contributed by atoms with Crippen LogP contribution in [0.25, 0.3) is 0 Å². The first-order valence-corrected chi connectivity index (χ1v) is 9.62. The summed E-state index contributed by atoms with van der Waals surface area (Å²) in [6, 6.07) is 23.1. The molecular formula is C23H19FN6O2. The molecular weight excluding hydrogens is 411 g/mol. The van der Waals surface area contributed by atoms with Crippen LogP contribution in [0.5, 0.6) is 11.5 Å². The molecule has 0 unspecified atom stereocenters. The van der Waals surface area contributed by atoms with Gasteiger partial charge in [0.1, 0.15) is 11.5 Å². The molecule has 0 atom stereocenters. The molecule has 0 aliphatic carbocycles. The molecule has 160 valence electrons. The summed E-state index contributed by atoms with van der Waals surface area (Å²) in [5.41, 5.74) is 3.34. The molecule has 5 N–H and O–H groups in total. The van der Waals surface area contributed by atoms with Crippen LogP contribution in [0, 0.1) is 5.82 Å². The molecule has 0 aliphatic heterocycles. The minimum Gasteiger partial charge on any atom is -0.457 e. The maximum Gasteiger partial charge on any atom is 0.267 e. The predicted octanol–water partition coefficient (Wildman–Crippen LogP) is 4.50. The third-order valence-electron chi connectivity index (χ3n) is 4.39. The van der Waals surface area contributed by atoms with Crippen molar-refractivity contribution in [2.24, 2.45) is 5.84 Å². The van der Waals surface area contributed by atoms with Gasteiger partial charge in [-0.2, -0.15) is 4.98 Å². The SMILES string of the molecule is NNC(=O)c1ccccc1Nc1nc(Nc2ccc(Oc3ccccc3)cc2)ncc1F. The highest BCUT2D eigenvalue weighted by atomic mass is 19.1. The van der Waals surface area contributed by atoms with Crippen molar-refractivity contribution in [3.8, 4) is 11.5 Å². The molecule has 4 rings (SSSR count). The van der Waals surface area contributed by atoms with Crippen molar-refractivity contribution < 1.29 is 13.9 Å². The van der Waals surface area contributed by atoms with E-state index in [1.54, 1.807) is 48.5 Å². The van der Waals surface area contributed by atoms with Crippen LogP contribution in [0.15, 0.2) is 85.1 Å². The van der Waals surface area contributed by atoms with Crippen LogP contribution in [0.2, 0.25) is 0 Å². The maximum absolute atomic E-state index is 14.3. The fourth-order valence-corrected chi connectivity index (χ4v) is 2.87. The number of aromatic nitrogens is 2. The lowest BCUT2D eigenvalue weighted by atomic mass is 10.1. The number of rotatable bonds is 7. The summed E-state index contributed by atoms with van der Waals surface area (Å²) in [4.78, 5) is 20.1. The summed E-state index contributed by atoms with van der Waals surface area (Å²) in [5.74, 6) is 5.50. The third-order valence-corrected chi connectivity index (χ3v) is 4.39. The van der Waals surface area contributed by atoms with Crippen molar-refractivity contribution in [2.45, 2.75) is 0 Å². The molecule has 0 radical (unpaired) electrons. The van der Waals surface area contributed by atoms with Gasteiger partial charge in [-0.1, -0.05) is 30.3 Å². The van der Waals surface area contributed by atoms with Gasteiger partial charge in [-0.05, 0) is 48.5 Å². The van der Waals surface area contributed by atoms with Crippen molar-refractivity contribution in [3.05, 3.63) is 96.4 Å². The van der Waals surface area contributed by atoms with E-state index in [1.165, 1.54) is 0 Å². The molecule has 9 heteroatoms. The van der Waals surface area contributed by atoms with Crippen LogP contribution in [0.1, 0.15) is 10.4 Å². The van der Waals surface area contributed by atoms with Crippen molar-refractivity contribution in [3.63, 3.8) is 0 Å². The van der Waals surface area contributed by atoms with Gasteiger partial charge in [-0.3, -0.25) is 10.2 Å². The second kappa shape index (κ2) is 9.54. The lowest BCUT2D eigenvalue weighted by Gasteiger charge is -2.12. The molecule has 0 fully saturated rings. The summed E-state index contributed by atoms with van der Waals surface area (Å²) in [7, 11) is 0. The molecule has 0 spiro atoms. The van der Waals surface area contributed by atoms with E-state index in [0.29, 0.717) is 17.1 Å². The summed E-state index contributed by atoms with van der Waals surface area (Å²) >= 11 is 0. The van der Waals surface area contributed by atoms with Crippen LogP contribution in [0.4, 0.5) is 27.5 Å². The van der Waals surface area contributed by atoms with Gasteiger partial charge in [0.2, 0.25) is 5.95 Å². The largest absolute Gasteiger partial charge is 0.457 e. The Morgan fingerprint density at radius 3 is 2.31 bits per heavy atom. The number of halogens is 1. The first-order chi connectivity index (χ1) is 15.6. The normalized spacial score (nSPS) is 10.3. The van der Waals surface area contributed by atoms with Crippen molar-refractivity contribution in [1.29, 1.82) is 0 Å². The van der Waals surface area contributed by atoms with Crippen LogP contribution in [0.3, 0.4) is 0 Å². The van der Waals surface area contributed by atoms with Crippen LogP contribution >= 0.6 is 0 Å². The van der Waals surface area contributed by atoms with Gasteiger partial charge in [-0.15, -0.1) is 0 Å². The van der Waals surface area contributed by atoms with E-state index in [1.807, 2.05) is 30.3 Å². The van der Waals surface area contributed by atoms with Gasteiger partial charge in [0.05, 0.1) is 17.4 Å². The van der Waals surface area contributed by atoms with Gasteiger partial charge < -0.3 is 15.4 Å². The number of hydrazine groups is 1. The average Bonchev–Trinajstić information content (AvgIpc) is 2.83. The second-order valence-corrected chi connectivity index (χ2v) is 6.60. The Morgan fingerprint density at radius 2 is 1.56 bits per heavy atom. The second-order valence-electron chi connectivity index (χ2n) is 6.60. The van der Waals surface area contributed by atoms with E-state index in [-0.39, 0.29) is 17.3 Å². The average molecular weight is 430 g/mol. The molecule has 0 aliphatic rings. The van der Waals surface area contributed by atoms with Crippen LogP contribution in [-0.2, 0) is 0 Å². The molecule has 0 saturated carbocycles. The fraction of sp³-hybridized carbons (Fsp3) is 0. The zero-order valence-electron chi connectivity index (χ0n) is 16.7. The number of hydrogen-bond acceptors (Lipinski definition) is 7. The summed E-state index contributed by atoms with van der Waals surface area (Å²) in [6.07, 6.45) is 1.04. The minimum atomic E-state index is -0.676. The lowest BCUT2D eigenvalue weighted by Crippen LogP contribution is -2.30. The number of para-hydroxylation sites is 2. The zero-order valence-corrected chi connectivity index (χ0v) is 16.7. The highest BCUT2D eigenvalue weighted by Crippen LogP contribution is 2.25. The number of anilines is 4. The Labute approximate surface area is 183 Å². The lowest BCUT2D eigenvalue weighted by molar-refractivity contribution is 0.0954. The van der Waals surface area contributed by atoms with Crippen molar-refractivity contribution in [2.75, 3.05) is 10.6 Å². The van der Waals surface area contributed by atoms with Gasteiger partial charge in [-0.25, -0.2) is 15.2 Å². The highest BCUT2D eigenvalue weighted by molar-refractivity contribution is 5.99. The van der Waals surface area contributed by atoms with E-state index < -0.39 is 11.7 Å². The molecule has 32 heavy (non-hydrogen) atoms. The summed E-state index contributed by atoms with van der Waals surface area (Å²) in [5, 5.41) is 5.83. The summed E-state index contributed by atoms with van der Waals surface area (Å²) in [6.45, 7) is 0. The quantitative estimate of drug-likeness (QED) is 0.194. The Kier molecular flexibility index (Phi) is 6.19. The maximum atomic E-state index is 14.3. The molecule has 1 aromatic heterocycles. The van der Waals surface area contributed by atoms with E-state index in [4.69, 9.17) is 10.6 Å². The van der Waals surface area contributed by atoms with Crippen molar-refractivity contribution in [1.82, 2.24) is 15.4 Å². The van der Waals surface area contributed by atoms with E-state index >= 15 is 0 Å². The Bertz CT molecular complexity index is 1220. The number of ether oxygens (including phenoxy) is 1. The number of benzene rings is 3. The van der Waals surface area contributed by atoms with Gasteiger partial charge in [0.25, 0.3) is 5.91 Å². The zero-order chi connectivity index (χ0) is 22.3. The van der Waals surface area contributed by atoms with Gasteiger partial charge >= 0.3 is 0 Å². The fourth-order valence-electron chi connectivity index (χ4n) is 2.87. The smallest absolute Gasteiger partial charge is 0.267 e. The molecule has 4 aromatic rings. The number of nitrogens with two attached hydrogens (primary N) is 1. The van der Waals surface area contributed by atoms with Crippen LogP contribution in [-0.4, -0.2) is 15.9 Å². The van der Waals surface area contributed by atoms with E-state index in [9.17, 15) is 9.18 Å². The Morgan fingerprint density at radius 1 is 0.875 bits per heavy atom. The first kappa shape index (κ1) is 20.8. The number of nitrogens with one attached hydrogen (secondary N) is 3. The number of nitrogens with zero attached hydrogens (tertiary/aromatic N) is 2. The standard InChI is InChI=1S/C23H19FN6O2/c24-19-14-26-23(29-21(19)28-20-9-5-4-8-18(20)22(31)30-25)27-15-10-12-17(13-11-15)32-16-6-2-1-3-7-16/h1-14H,25H2,(H,30,31)(H2,26,27,28,29). The molecule has 8 nitrogen and oxygen atoms in total. The third kappa shape index (κ3) is 4.97. The Balaban J connectivity index is 1.49. The van der Waals surface area contributed by atoms with Crippen molar-refractivity contribution >= 4 is 29.0 Å². The van der Waals surface area contributed by atoms with E-state index in [2.05, 4.69) is 26.0 Å². The number of nitrogen functional groups attached to an aromatic ring is 1. The molecule has 0 bridgehead atoms. The van der Waals surface area contributed by atoms with Gasteiger partial charge in [0, 0.05) is 5.69 Å². The molecule has 1 heterocycles. The number of amides is 1. The van der Waals surface area contributed by atoms with E-state index in [0.717, 1.165) is 11.9 Å². The summed E-state index contributed by atoms with van der Waals surface area (Å²) < 4.78 is 20.1. The molecule has 3 aromatic carbocycles. The van der Waals surface area contributed by atoms with Gasteiger partial charge in [0.15, 0.2) is 11.6 Å². The molecule has 0 saturated heterocycles. The Hall–Kier alpha value is -4.50. The number of carbonyl (C=O) groups is 1. The number of hydrogen-bond donors (Lipinski definition) is 4. The first-order valence-electron chi connectivity index (χ1n) is 9.62. The minimum absolute atomic E-state index is 0.0937. The molecule has 1 amide bonds. The monoisotopic (exact) mass is 430 g/mol. The number of carbonyl (C=O) groups excluding carboxylic acids is 1. The van der Waals surface area contributed by atoms with Crippen LogP contribution < -0.4 is 26.6 Å². The highest BCUT2D eigenvalue weighted by Gasteiger charge is 2.13. The predicted molar refractivity (Wildman–Crippen MR) is 120 cm³/mol. The topological polar surface area (TPSA) is 114 Å².